The monoisotopic (exact) mass is 434 g/mol. The molecule has 3 aromatic rings. The smallest absolute Gasteiger partial charge is 0.251 e. The highest BCUT2D eigenvalue weighted by molar-refractivity contribution is 6.30. The summed E-state index contributed by atoms with van der Waals surface area (Å²) in [5.74, 6) is 0.803. The van der Waals surface area contributed by atoms with E-state index in [0.29, 0.717) is 10.6 Å². The fourth-order valence-corrected chi connectivity index (χ4v) is 4.27. The van der Waals surface area contributed by atoms with E-state index in [9.17, 15) is 4.79 Å². The maximum Gasteiger partial charge on any atom is 0.251 e. The first kappa shape index (κ1) is 21.4. The topological polar surface area (TPSA) is 41.6 Å². The van der Waals surface area contributed by atoms with Crippen molar-refractivity contribution in [3.63, 3.8) is 0 Å². The summed E-state index contributed by atoms with van der Waals surface area (Å²) in [5.41, 5.74) is 4.20. The Bertz CT molecular complexity index is 1040. The molecular formula is C26H27ClN2O2. The van der Waals surface area contributed by atoms with Gasteiger partial charge in [-0.1, -0.05) is 54.1 Å². The molecule has 0 aliphatic carbocycles. The first-order valence-electron chi connectivity index (χ1n) is 10.6. The minimum Gasteiger partial charge on any atom is -0.497 e. The zero-order valence-electron chi connectivity index (χ0n) is 17.7. The van der Waals surface area contributed by atoms with Crippen molar-refractivity contribution in [1.82, 2.24) is 10.2 Å². The van der Waals surface area contributed by atoms with Crippen molar-refractivity contribution in [2.75, 3.05) is 20.2 Å². The number of nitrogens with one attached hydrogen (secondary N) is 1. The molecule has 1 aliphatic heterocycles. The van der Waals surface area contributed by atoms with E-state index in [1.807, 2.05) is 18.2 Å². The van der Waals surface area contributed by atoms with Crippen molar-refractivity contribution in [3.05, 3.63) is 88.9 Å². The fraction of sp³-hybridized carbons (Fsp3) is 0.269. The maximum atomic E-state index is 12.6. The van der Waals surface area contributed by atoms with Crippen LogP contribution in [0.3, 0.4) is 0 Å². The minimum atomic E-state index is -0.0583. The van der Waals surface area contributed by atoms with Gasteiger partial charge in [-0.15, -0.1) is 0 Å². The molecule has 1 fully saturated rings. The normalized spacial score (nSPS) is 16.6. The number of hydrogen-bond donors (Lipinski definition) is 1. The molecule has 1 amide bonds. The van der Waals surface area contributed by atoms with Crippen LogP contribution < -0.4 is 10.1 Å². The van der Waals surface area contributed by atoms with Crippen molar-refractivity contribution in [2.24, 2.45) is 0 Å². The first-order chi connectivity index (χ1) is 15.1. The van der Waals surface area contributed by atoms with E-state index in [1.165, 1.54) is 11.1 Å². The van der Waals surface area contributed by atoms with Crippen LogP contribution in [0.15, 0.2) is 72.8 Å². The Morgan fingerprint density at radius 2 is 1.87 bits per heavy atom. The van der Waals surface area contributed by atoms with Crippen LogP contribution in [-0.2, 0) is 6.54 Å². The second kappa shape index (κ2) is 9.99. The molecule has 5 heteroatoms. The molecule has 4 rings (SSSR count). The molecule has 1 unspecified atom stereocenters. The lowest BCUT2D eigenvalue weighted by atomic mass is 10.0. The van der Waals surface area contributed by atoms with Gasteiger partial charge in [-0.3, -0.25) is 9.69 Å². The number of rotatable bonds is 6. The van der Waals surface area contributed by atoms with Crippen molar-refractivity contribution >= 4 is 17.5 Å². The molecule has 3 aromatic carbocycles. The molecule has 1 saturated heterocycles. The number of ether oxygens (including phenoxy) is 1. The molecule has 0 aromatic heterocycles. The highest BCUT2D eigenvalue weighted by atomic mass is 35.5. The maximum absolute atomic E-state index is 12.6. The van der Waals surface area contributed by atoms with Crippen LogP contribution in [0, 0.1) is 0 Å². The molecule has 1 heterocycles. The number of benzene rings is 3. The molecule has 0 bridgehead atoms. The number of halogens is 1. The van der Waals surface area contributed by atoms with Crippen LogP contribution >= 0.6 is 11.6 Å². The van der Waals surface area contributed by atoms with Gasteiger partial charge in [0, 0.05) is 29.7 Å². The third-order valence-electron chi connectivity index (χ3n) is 5.69. The van der Waals surface area contributed by atoms with Crippen LogP contribution in [0.1, 0.15) is 28.8 Å². The molecular weight excluding hydrogens is 408 g/mol. The number of hydrogen-bond acceptors (Lipinski definition) is 3. The Morgan fingerprint density at radius 3 is 2.65 bits per heavy atom. The van der Waals surface area contributed by atoms with E-state index >= 15 is 0 Å². The molecule has 0 radical (unpaired) electrons. The lowest BCUT2D eigenvalue weighted by Crippen LogP contribution is -2.47. The largest absolute Gasteiger partial charge is 0.497 e. The zero-order chi connectivity index (χ0) is 21.6. The quantitative estimate of drug-likeness (QED) is 0.564. The van der Waals surface area contributed by atoms with Crippen LogP contribution in [0.2, 0.25) is 5.02 Å². The Hall–Kier alpha value is -2.82. The van der Waals surface area contributed by atoms with Gasteiger partial charge in [0.25, 0.3) is 5.91 Å². The van der Waals surface area contributed by atoms with Gasteiger partial charge in [0.15, 0.2) is 0 Å². The highest BCUT2D eigenvalue weighted by Gasteiger charge is 2.22. The van der Waals surface area contributed by atoms with Crippen molar-refractivity contribution in [3.8, 4) is 16.9 Å². The van der Waals surface area contributed by atoms with Crippen molar-refractivity contribution in [1.29, 1.82) is 0 Å². The summed E-state index contributed by atoms with van der Waals surface area (Å²) in [7, 11) is 1.69. The summed E-state index contributed by atoms with van der Waals surface area (Å²) in [6, 6.07) is 24.0. The summed E-state index contributed by atoms with van der Waals surface area (Å²) < 4.78 is 5.33. The number of amides is 1. The van der Waals surface area contributed by atoms with E-state index in [1.54, 1.807) is 31.4 Å². The zero-order valence-corrected chi connectivity index (χ0v) is 18.4. The Balaban J connectivity index is 1.35. The van der Waals surface area contributed by atoms with Crippen molar-refractivity contribution in [2.45, 2.75) is 25.4 Å². The van der Waals surface area contributed by atoms with Gasteiger partial charge in [-0.25, -0.2) is 0 Å². The van der Waals surface area contributed by atoms with Gasteiger partial charge in [-0.2, -0.15) is 0 Å². The van der Waals surface area contributed by atoms with Crippen LogP contribution in [0.4, 0.5) is 0 Å². The van der Waals surface area contributed by atoms with Gasteiger partial charge in [-0.05, 0) is 66.4 Å². The second-order valence-electron chi connectivity index (χ2n) is 7.99. The Labute approximate surface area is 188 Å². The molecule has 0 spiro atoms. The first-order valence-corrected chi connectivity index (χ1v) is 11.0. The minimum absolute atomic E-state index is 0.0583. The van der Waals surface area contributed by atoms with Crippen LogP contribution in [0.5, 0.6) is 5.75 Å². The molecule has 31 heavy (non-hydrogen) atoms. The molecule has 1 aliphatic rings. The predicted octanol–water partition coefficient (Wildman–Crippen LogP) is 5.41. The number of methoxy groups -OCH3 is 1. The lowest BCUT2D eigenvalue weighted by Gasteiger charge is -2.33. The summed E-state index contributed by atoms with van der Waals surface area (Å²) in [4.78, 5) is 15.0. The second-order valence-corrected chi connectivity index (χ2v) is 8.42. The summed E-state index contributed by atoms with van der Waals surface area (Å²) in [5, 5.41) is 3.75. The van der Waals surface area contributed by atoms with Gasteiger partial charge in [0.05, 0.1) is 7.11 Å². The van der Waals surface area contributed by atoms with E-state index in [2.05, 4.69) is 40.5 Å². The van der Waals surface area contributed by atoms with E-state index in [-0.39, 0.29) is 11.9 Å². The average Bonchev–Trinajstić information content (AvgIpc) is 2.80. The molecule has 1 N–H and O–H groups in total. The van der Waals surface area contributed by atoms with Gasteiger partial charge < -0.3 is 10.1 Å². The SMILES string of the molecule is COc1cccc(-c2ccc(CN3CCCC(NC(=O)c4cccc(Cl)c4)C3)cc2)c1. The van der Waals surface area contributed by atoms with Gasteiger partial charge >= 0.3 is 0 Å². The van der Waals surface area contributed by atoms with E-state index in [4.69, 9.17) is 16.3 Å². The predicted molar refractivity (Wildman–Crippen MR) is 126 cm³/mol. The third kappa shape index (κ3) is 5.66. The molecule has 4 nitrogen and oxygen atoms in total. The van der Waals surface area contributed by atoms with Gasteiger partial charge in [0.2, 0.25) is 0 Å². The van der Waals surface area contributed by atoms with E-state index in [0.717, 1.165) is 43.8 Å². The van der Waals surface area contributed by atoms with Gasteiger partial charge in [0.1, 0.15) is 5.75 Å². The summed E-state index contributed by atoms with van der Waals surface area (Å²) in [6.07, 6.45) is 2.07. The Kier molecular flexibility index (Phi) is 6.90. The van der Waals surface area contributed by atoms with E-state index < -0.39 is 0 Å². The molecule has 0 saturated carbocycles. The fourth-order valence-electron chi connectivity index (χ4n) is 4.08. The third-order valence-corrected chi connectivity index (χ3v) is 5.93. The molecule has 1 atom stereocenters. The number of carbonyl (C=O) groups is 1. The molecule has 160 valence electrons. The standard InChI is InChI=1S/C26H27ClN2O2/c1-31-25-9-3-5-21(16-25)20-12-10-19(11-13-20)17-29-14-4-8-24(18-29)28-26(30)22-6-2-7-23(27)15-22/h2-3,5-7,9-13,15-16,24H,4,8,14,17-18H2,1H3,(H,28,30). The van der Waals surface area contributed by atoms with Crippen LogP contribution in [-0.4, -0.2) is 37.0 Å². The summed E-state index contributed by atoms with van der Waals surface area (Å²) >= 11 is 6.02. The number of carbonyl (C=O) groups excluding carboxylic acids is 1. The number of likely N-dealkylation sites (tertiary alicyclic amines) is 1. The highest BCUT2D eigenvalue weighted by Crippen LogP contribution is 2.24. The number of nitrogens with zero attached hydrogens (tertiary/aromatic N) is 1. The number of piperidine rings is 1. The van der Waals surface area contributed by atoms with Crippen LogP contribution in [0.25, 0.3) is 11.1 Å². The lowest BCUT2D eigenvalue weighted by molar-refractivity contribution is 0.0901. The van der Waals surface area contributed by atoms with Crippen molar-refractivity contribution < 1.29 is 9.53 Å². The average molecular weight is 435 g/mol. The summed E-state index contributed by atoms with van der Waals surface area (Å²) in [6.45, 7) is 2.77. The Morgan fingerprint density at radius 1 is 1.06 bits per heavy atom.